The Morgan fingerprint density at radius 1 is 1.26 bits per heavy atom. The van der Waals surface area contributed by atoms with Gasteiger partial charge in [-0.25, -0.2) is 0 Å². The predicted octanol–water partition coefficient (Wildman–Crippen LogP) is 3.53. The number of hydrogen-bond acceptors (Lipinski definition) is 4. The van der Waals surface area contributed by atoms with E-state index < -0.39 is 0 Å². The molecule has 23 heavy (non-hydrogen) atoms. The second-order valence-corrected chi connectivity index (χ2v) is 5.07. The standard InChI is InChI=1S/C18H23NO4/c1-3-9-21-13-15-11-14(7-8-17(15)22-4-2)18(20)19-12-16-6-5-10-23-16/h5-8,10-11H,3-4,9,12-13H2,1-2H3,(H,19,20). The van der Waals surface area contributed by atoms with Gasteiger partial charge >= 0.3 is 0 Å². The average Bonchev–Trinajstić information content (AvgIpc) is 3.08. The molecule has 0 radical (unpaired) electrons. The van der Waals surface area contributed by atoms with Gasteiger partial charge in [0.05, 0.1) is 26.0 Å². The number of carbonyl (C=O) groups is 1. The van der Waals surface area contributed by atoms with Crippen LogP contribution in [0.4, 0.5) is 0 Å². The van der Waals surface area contributed by atoms with Crippen LogP contribution in [-0.2, 0) is 17.9 Å². The number of carbonyl (C=O) groups excluding carboxylic acids is 1. The minimum absolute atomic E-state index is 0.152. The molecule has 2 aromatic rings. The van der Waals surface area contributed by atoms with E-state index in [0.717, 1.165) is 23.5 Å². The number of rotatable bonds is 9. The van der Waals surface area contributed by atoms with Crippen LogP contribution < -0.4 is 10.1 Å². The van der Waals surface area contributed by atoms with Crippen LogP contribution >= 0.6 is 0 Å². The molecule has 5 heteroatoms. The van der Waals surface area contributed by atoms with Gasteiger partial charge in [-0.3, -0.25) is 4.79 Å². The van der Waals surface area contributed by atoms with Crippen LogP contribution in [0, 0.1) is 0 Å². The first kappa shape index (κ1) is 17.1. The Morgan fingerprint density at radius 2 is 2.13 bits per heavy atom. The van der Waals surface area contributed by atoms with Crippen molar-refractivity contribution in [2.75, 3.05) is 13.2 Å². The highest BCUT2D eigenvalue weighted by Gasteiger charge is 2.11. The minimum atomic E-state index is -0.152. The molecule has 2 rings (SSSR count). The number of amides is 1. The van der Waals surface area contributed by atoms with Crippen LogP contribution in [0.1, 0.15) is 41.9 Å². The van der Waals surface area contributed by atoms with Crippen molar-refractivity contribution >= 4 is 5.91 Å². The van der Waals surface area contributed by atoms with Crippen molar-refractivity contribution in [1.82, 2.24) is 5.32 Å². The average molecular weight is 317 g/mol. The normalized spacial score (nSPS) is 10.5. The van der Waals surface area contributed by atoms with E-state index in [2.05, 4.69) is 12.2 Å². The summed E-state index contributed by atoms with van der Waals surface area (Å²) in [6.07, 6.45) is 2.54. The molecule has 1 heterocycles. The summed E-state index contributed by atoms with van der Waals surface area (Å²) in [5.74, 6) is 1.32. The Morgan fingerprint density at radius 3 is 2.83 bits per heavy atom. The van der Waals surface area contributed by atoms with Crippen LogP contribution in [0.15, 0.2) is 41.0 Å². The van der Waals surface area contributed by atoms with Crippen LogP contribution in [-0.4, -0.2) is 19.1 Å². The molecule has 0 aliphatic rings. The van der Waals surface area contributed by atoms with E-state index in [1.165, 1.54) is 0 Å². The molecular formula is C18H23NO4. The van der Waals surface area contributed by atoms with Gasteiger partial charge in [0.15, 0.2) is 0 Å². The fourth-order valence-electron chi connectivity index (χ4n) is 2.14. The summed E-state index contributed by atoms with van der Waals surface area (Å²) < 4.78 is 16.4. The van der Waals surface area contributed by atoms with Gasteiger partial charge < -0.3 is 19.2 Å². The smallest absolute Gasteiger partial charge is 0.251 e. The molecule has 1 amide bonds. The van der Waals surface area contributed by atoms with Crippen molar-refractivity contribution in [3.63, 3.8) is 0 Å². The van der Waals surface area contributed by atoms with Gasteiger partial charge in [-0.1, -0.05) is 6.92 Å². The highest BCUT2D eigenvalue weighted by atomic mass is 16.5. The van der Waals surface area contributed by atoms with Gasteiger partial charge in [-0.05, 0) is 43.7 Å². The maximum atomic E-state index is 12.3. The Hall–Kier alpha value is -2.27. The van der Waals surface area contributed by atoms with Crippen LogP contribution in [0.25, 0.3) is 0 Å². The molecule has 0 saturated carbocycles. The van der Waals surface area contributed by atoms with Crippen molar-refractivity contribution in [1.29, 1.82) is 0 Å². The second-order valence-electron chi connectivity index (χ2n) is 5.07. The zero-order chi connectivity index (χ0) is 16.5. The van der Waals surface area contributed by atoms with E-state index in [0.29, 0.717) is 31.9 Å². The zero-order valence-electron chi connectivity index (χ0n) is 13.6. The molecule has 0 unspecified atom stereocenters. The van der Waals surface area contributed by atoms with Crippen LogP contribution in [0.2, 0.25) is 0 Å². The van der Waals surface area contributed by atoms with Gasteiger partial charge in [0.2, 0.25) is 0 Å². The van der Waals surface area contributed by atoms with Crippen molar-refractivity contribution in [2.24, 2.45) is 0 Å². The van der Waals surface area contributed by atoms with Gasteiger partial charge in [-0.2, -0.15) is 0 Å². The van der Waals surface area contributed by atoms with Gasteiger partial charge in [0.1, 0.15) is 11.5 Å². The van der Waals surface area contributed by atoms with Crippen molar-refractivity contribution in [3.05, 3.63) is 53.5 Å². The minimum Gasteiger partial charge on any atom is -0.494 e. The first-order chi connectivity index (χ1) is 11.2. The molecule has 0 bridgehead atoms. The first-order valence-corrected chi connectivity index (χ1v) is 7.88. The maximum absolute atomic E-state index is 12.3. The van der Waals surface area contributed by atoms with Crippen molar-refractivity contribution < 1.29 is 18.7 Å². The Kier molecular flexibility index (Phi) is 6.69. The topological polar surface area (TPSA) is 60.7 Å². The van der Waals surface area contributed by atoms with Crippen LogP contribution in [0.5, 0.6) is 5.75 Å². The third-order valence-corrected chi connectivity index (χ3v) is 3.23. The molecule has 5 nitrogen and oxygen atoms in total. The van der Waals surface area contributed by atoms with E-state index >= 15 is 0 Å². The van der Waals surface area contributed by atoms with Crippen LogP contribution in [0.3, 0.4) is 0 Å². The molecule has 0 aliphatic carbocycles. The zero-order valence-corrected chi connectivity index (χ0v) is 13.6. The summed E-state index contributed by atoms with van der Waals surface area (Å²) >= 11 is 0. The fourth-order valence-corrected chi connectivity index (χ4v) is 2.14. The molecule has 1 aromatic carbocycles. The van der Waals surface area contributed by atoms with Crippen molar-refractivity contribution in [2.45, 2.75) is 33.4 Å². The quantitative estimate of drug-likeness (QED) is 0.719. The number of nitrogens with one attached hydrogen (secondary N) is 1. The SMILES string of the molecule is CCCOCc1cc(C(=O)NCc2ccco2)ccc1OCC. The highest BCUT2D eigenvalue weighted by Crippen LogP contribution is 2.21. The molecule has 0 fully saturated rings. The summed E-state index contributed by atoms with van der Waals surface area (Å²) in [6.45, 7) is 6.04. The predicted molar refractivity (Wildman–Crippen MR) is 87.4 cm³/mol. The fraction of sp³-hybridized carbons (Fsp3) is 0.389. The number of ether oxygens (including phenoxy) is 2. The molecule has 0 spiro atoms. The third-order valence-electron chi connectivity index (χ3n) is 3.23. The number of benzene rings is 1. The van der Waals surface area contributed by atoms with E-state index in [4.69, 9.17) is 13.9 Å². The summed E-state index contributed by atoms with van der Waals surface area (Å²) in [7, 11) is 0. The summed E-state index contributed by atoms with van der Waals surface area (Å²) in [6, 6.07) is 9.00. The van der Waals surface area contributed by atoms with E-state index in [1.54, 1.807) is 18.4 Å². The lowest BCUT2D eigenvalue weighted by molar-refractivity contribution is 0.0947. The number of furan rings is 1. The second kappa shape index (κ2) is 9.00. The Balaban J connectivity index is 2.04. The van der Waals surface area contributed by atoms with Crippen molar-refractivity contribution in [3.8, 4) is 5.75 Å². The largest absolute Gasteiger partial charge is 0.494 e. The highest BCUT2D eigenvalue weighted by molar-refractivity contribution is 5.94. The van der Waals surface area contributed by atoms with Gasteiger partial charge in [0, 0.05) is 17.7 Å². The summed E-state index contributed by atoms with van der Waals surface area (Å²) in [5, 5.41) is 2.83. The Bertz CT molecular complexity index is 607. The molecule has 1 aromatic heterocycles. The lowest BCUT2D eigenvalue weighted by Crippen LogP contribution is -2.22. The molecule has 1 N–H and O–H groups in total. The van der Waals surface area contributed by atoms with E-state index in [9.17, 15) is 4.79 Å². The monoisotopic (exact) mass is 317 g/mol. The maximum Gasteiger partial charge on any atom is 0.251 e. The van der Waals surface area contributed by atoms with E-state index in [1.807, 2.05) is 25.1 Å². The lowest BCUT2D eigenvalue weighted by atomic mass is 10.1. The summed E-state index contributed by atoms with van der Waals surface area (Å²) in [5.41, 5.74) is 1.46. The number of hydrogen-bond donors (Lipinski definition) is 1. The van der Waals surface area contributed by atoms with Gasteiger partial charge in [0.25, 0.3) is 5.91 Å². The van der Waals surface area contributed by atoms with Gasteiger partial charge in [-0.15, -0.1) is 0 Å². The molecule has 0 saturated heterocycles. The first-order valence-electron chi connectivity index (χ1n) is 7.88. The molecule has 0 aliphatic heterocycles. The Labute approximate surface area is 136 Å². The molecule has 0 atom stereocenters. The third kappa shape index (κ3) is 5.14. The summed E-state index contributed by atoms with van der Waals surface area (Å²) in [4.78, 5) is 12.3. The van der Waals surface area contributed by atoms with E-state index in [-0.39, 0.29) is 5.91 Å². The molecular weight excluding hydrogens is 294 g/mol. The molecule has 124 valence electrons. The lowest BCUT2D eigenvalue weighted by Gasteiger charge is -2.12.